The third-order valence-corrected chi connectivity index (χ3v) is 1.96. The molecule has 0 spiro atoms. The molecule has 2 N–H and O–H groups in total. The zero-order valence-corrected chi connectivity index (χ0v) is 7.77. The van der Waals surface area contributed by atoms with Crippen LogP contribution in [-0.4, -0.2) is 28.2 Å². The van der Waals surface area contributed by atoms with Gasteiger partial charge in [-0.05, 0) is 6.42 Å². The first-order chi connectivity index (χ1) is 5.52. The lowest BCUT2D eigenvalue weighted by atomic mass is 10.5. The number of ether oxygens (including phenoxy) is 1. The zero-order chi connectivity index (χ0) is 9.61. The van der Waals surface area contributed by atoms with Crippen LogP contribution in [0.15, 0.2) is 0 Å². The molecule has 0 radical (unpaired) electrons. The summed E-state index contributed by atoms with van der Waals surface area (Å²) in [6.07, 6.45) is -0.346. The van der Waals surface area contributed by atoms with Crippen LogP contribution in [0.1, 0.15) is 13.3 Å². The zero-order valence-electron chi connectivity index (χ0n) is 6.96. The SMILES string of the molecule is CCCNS(=O)(=O)NC(=O)OC. The molecule has 7 heteroatoms. The largest absolute Gasteiger partial charge is 0.452 e. The first-order valence-corrected chi connectivity index (χ1v) is 4.85. The fraction of sp³-hybridized carbons (Fsp3) is 0.800. The summed E-state index contributed by atoms with van der Waals surface area (Å²) in [7, 11) is -2.64. The number of amides is 1. The van der Waals surface area contributed by atoms with E-state index in [2.05, 4.69) is 9.46 Å². The van der Waals surface area contributed by atoms with Crippen molar-refractivity contribution in [3.8, 4) is 0 Å². The topological polar surface area (TPSA) is 84.5 Å². The molecule has 0 rings (SSSR count). The van der Waals surface area contributed by atoms with Crippen LogP contribution < -0.4 is 9.44 Å². The molecule has 0 aromatic heterocycles. The van der Waals surface area contributed by atoms with E-state index in [4.69, 9.17) is 0 Å². The molecule has 0 aromatic rings. The quantitative estimate of drug-likeness (QED) is 0.640. The maximum Gasteiger partial charge on any atom is 0.421 e. The second-order valence-electron chi connectivity index (χ2n) is 1.99. The van der Waals surface area contributed by atoms with Gasteiger partial charge in [-0.1, -0.05) is 6.92 Å². The van der Waals surface area contributed by atoms with Crippen LogP contribution in [0.2, 0.25) is 0 Å². The molecule has 1 amide bonds. The molecule has 0 aliphatic carbocycles. The highest BCUT2D eigenvalue weighted by Gasteiger charge is 2.12. The highest BCUT2D eigenvalue weighted by molar-refractivity contribution is 7.88. The van der Waals surface area contributed by atoms with E-state index in [0.29, 0.717) is 6.42 Å². The lowest BCUT2D eigenvalue weighted by Gasteiger charge is -2.05. The van der Waals surface area contributed by atoms with Gasteiger partial charge in [0.05, 0.1) is 7.11 Å². The Morgan fingerprint density at radius 1 is 1.50 bits per heavy atom. The molecule has 0 saturated heterocycles. The van der Waals surface area contributed by atoms with E-state index in [1.165, 1.54) is 0 Å². The molecule has 0 aromatic carbocycles. The van der Waals surface area contributed by atoms with E-state index in [-0.39, 0.29) is 6.54 Å². The molecule has 72 valence electrons. The fourth-order valence-corrected chi connectivity index (χ4v) is 1.27. The van der Waals surface area contributed by atoms with Crippen molar-refractivity contribution in [3.63, 3.8) is 0 Å². The molecular formula is C5H12N2O4S. The van der Waals surface area contributed by atoms with Gasteiger partial charge >= 0.3 is 16.3 Å². The highest BCUT2D eigenvalue weighted by atomic mass is 32.2. The second-order valence-corrected chi connectivity index (χ2v) is 3.49. The van der Waals surface area contributed by atoms with E-state index in [1.807, 2.05) is 0 Å². The molecule has 6 nitrogen and oxygen atoms in total. The van der Waals surface area contributed by atoms with Crippen molar-refractivity contribution in [2.75, 3.05) is 13.7 Å². The van der Waals surface area contributed by atoms with Crippen LogP contribution in [0.3, 0.4) is 0 Å². The summed E-state index contributed by atoms with van der Waals surface area (Å²) in [4.78, 5) is 10.4. The molecule has 0 unspecified atom stereocenters. The van der Waals surface area contributed by atoms with Gasteiger partial charge in [-0.3, -0.25) is 0 Å². The van der Waals surface area contributed by atoms with Crippen LogP contribution >= 0.6 is 0 Å². The molecule has 0 bridgehead atoms. The Morgan fingerprint density at radius 3 is 2.50 bits per heavy atom. The number of carbonyl (C=O) groups is 1. The van der Waals surface area contributed by atoms with Crippen molar-refractivity contribution < 1.29 is 17.9 Å². The normalized spacial score (nSPS) is 10.8. The standard InChI is InChI=1S/C5H12N2O4S/c1-3-4-6-12(9,10)7-5(8)11-2/h6H,3-4H2,1-2H3,(H,7,8). The van der Waals surface area contributed by atoms with Crippen molar-refractivity contribution in [1.82, 2.24) is 9.44 Å². The Bertz CT molecular complexity index is 236. The average molecular weight is 196 g/mol. The third kappa shape index (κ3) is 4.91. The third-order valence-electron chi connectivity index (χ3n) is 0.945. The van der Waals surface area contributed by atoms with Crippen molar-refractivity contribution in [3.05, 3.63) is 0 Å². The minimum Gasteiger partial charge on any atom is -0.452 e. The molecule has 0 fully saturated rings. The maximum atomic E-state index is 10.8. The van der Waals surface area contributed by atoms with Crippen molar-refractivity contribution in [2.24, 2.45) is 0 Å². The highest BCUT2D eigenvalue weighted by Crippen LogP contribution is 1.80. The summed E-state index contributed by atoms with van der Waals surface area (Å²) in [5.41, 5.74) is 0. The summed E-state index contributed by atoms with van der Waals surface area (Å²) < 4.78 is 29.5. The number of rotatable bonds is 4. The average Bonchev–Trinajstić information content (AvgIpc) is 2.00. The Kier molecular flexibility index (Phi) is 4.60. The second kappa shape index (κ2) is 4.94. The van der Waals surface area contributed by atoms with Crippen LogP contribution in [0, 0.1) is 0 Å². The Balaban J connectivity index is 3.96. The van der Waals surface area contributed by atoms with E-state index in [0.717, 1.165) is 7.11 Å². The number of carbonyl (C=O) groups excluding carboxylic acids is 1. The van der Waals surface area contributed by atoms with Crippen LogP contribution in [0.25, 0.3) is 0 Å². The van der Waals surface area contributed by atoms with E-state index in [9.17, 15) is 13.2 Å². The Morgan fingerprint density at radius 2 is 2.08 bits per heavy atom. The predicted octanol–water partition coefficient (Wildman–Crippen LogP) is -0.413. The van der Waals surface area contributed by atoms with Gasteiger partial charge in [0.15, 0.2) is 0 Å². The summed E-state index contributed by atoms with van der Waals surface area (Å²) in [5.74, 6) is 0. The molecule has 0 aliphatic rings. The van der Waals surface area contributed by atoms with E-state index >= 15 is 0 Å². The molecule has 0 heterocycles. The summed E-state index contributed by atoms with van der Waals surface area (Å²) >= 11 is 0. The number of methoxy groups -OCH3 is 1. The van der Waals surface area contributed by atoms with Crippen LogP contribution in [0.4, 0.5) is 4.79 Å². The lowest BCUT2D eigenvalue weighted by molar-refractivity contribution is 0.177. The minimum absolute atomic E-state index is 0.284. The number of hydrogen-bond acceptors (Lipinski definition) is 4. The van der Waals surface area contributed by atoms with Gasteiger partial charge in [0.1, 0.15) is 0 Å². The summed E-state index contributed by atoms with van der Waals surface area (Å²) in [6.45, 7) is 2.09. The van der Waals surface area contributed by atoms with Crippen molar-refractivity contribution in [1.29, 1.82) is 0 Å². The van der Waals surface area contributed by atoms with Crippen molar-refractivity contribution in [2.45, 2.75) is 13.3 Å². The summed E-state index contributed by atoms with van der Waals surface area (Å²) in [5, 5.41) is 0. The van der Waals surface area contributed by atoms with Gasteiger partial charge in [-0.2, -0.15) is 13.1 Å². The van der Waals surface area contributed by atoms with Crippen molar-refractivity contribution >= 4 is 16.3 Å². The molecule has 0 atom stereocenters. The van der Waals surface area contributed by atoms with E-state index in [1.54, 1.807) is 11.6 Å². The van der Waals surface area contributed by atoms with Gasteiger partial charge < -0.3 is 4.74 Å². The first kappa shape index (κ1) is 11.2. The molecular weight excluding hydrogens is 184 g/mol. The maximum absolute atomic E-state index is 10.8. The molecule has 12 heavy (non-hydrogen) atoms. The Labute approximate surface area is 71.5 Å². The monoisotopic (exact) mass is 196 g/mol. The Hall–Kier alpha value is -0.820. The van der Waals surface area contributed by atoms with E-state index < -0.39 is 16.3 Å². The van der Waals surface area contributed by atoms with Gasteiger partial charge in [0.25, 0.3) is 0 Å². The molecule has 0 aliphatic heterocycles. The minimum atomic E-state index is -3.73. The van der Waals surface area contributed by atoms with Gasteiger partial charge in [0, 0.05) is 6.54 Å². The predicted molar refractivity (Wildman–Crippen MR) is 42.8 cm³/mol. The van der Waals surface area contributed by atoms with Gasteiger partial charge in [0.2, 0.25) is 0 Å². The lowest BCUT2D eigenvalue weighted by Crippen LogP contribution is -2.40. The van der Waals surface area contributed by atoms with Gasteiger partial charge in [-0.15, -0.1) is 0 Å². The smallest absolute Gasteiger partial charge is 0.421 e. The summed E-state index contributed by atoms with van der Waals surface area (Å²) in [6, 6.07) is 0. The molecule has 0 saturated carbocycles. The first-order valence-electron chi connectivity index (χ1n) is 3.37. The number of hydrogen-bond donors (Lipinski definition) is 2. The fourth-order valence-electron chi connectivity index (χ4n) is 0.424. The van der Waals surface area contributed by atoms with Gasteiger partial charge in [-0.25, -0.2) is 9.52 Å². The van der Waals surface area contributed by atoms with Crippen LogP contribution in [-0.2, 0) is 14.9 Å². The van der Waals surface area contributed by atoms with Crippen LogP contribution in [0.5, 0.6) is 0 Å². The number of nitrogens with one attached hydrogen (secondary N) is 2.